The van der Waals surface area contributed by atoms with Crippen molar-refractivity contribution in [2.45, 2.75) is 25.7 Å². The van der Waals surface area contributed by atoms with Crippen LogP contribution in [0.5, 0.6) is 0 Å². The lowest BCUT2D eigenvalue weighted by atomic mass is 10.1. The van der Waals surface area contributed by atoms with E-state index in [4.69, 9.17) is 4.84 Å². The van der Waals surface area contributed by atoms with Crippen molar-refractivity contribution in [1.29, 1.82) is 0 Å². The van der Waals surface area contributed by atoms with Crippen LogP contribution in [0.4, 0.5) is 0 Å². The first kappa shape index (κ1) is 17.5. The van der Waals surface area contributed by atoms with E-state index in [-0.39, 0.29) is 30.2 Å². The van der Waals surface area contributed by atoms with E-state index < -0.39 is 17.8 Å². The second-order valence-electron chi connectivity index (χ2n) is 5.92. The van der Waals surface area contributed by atoms with Gasteiger partial charge < -0.3 is 4.84 Å². The molecule has 2 aliphatic heterocycles. The van der Waals surface area contributed by atoms with Crippen molar-refractivity contribution in [3.05, 3.63) is 47.5 Å². The number of rotatable bonds is 6. The normalized spacial score (nSPS) is 16.8. The molecular formula is C18H16N2O6. The fourth-order valence-electron chi connectivity index (χ4n) is 2.69. The molecule has 4 amide bonds. The number of hydrogen-bond acceptors (Lipinski definition) is 6. The lowest BCUT2D eigenvalue weighted by Gasteiger charge is -2.14. The number of hydrogen-bond donors (Lipinski definition) is 0. The number of imide groups is 2. The molecule has 0 N–H and O–H groups in total. The van der Waals surface area contributed by atoms with Crippen LogP contribution in [0.15, 0.2) is 36.4 Å². The Bertz CT molecular complexity index is 777. The highest BCUT2D eigenvalue weighted by Crippen LogP contribution is 2.15. The van der Waals surface area contributed by atoms with Gasteiger partial charge in [0.25, 0.3) is 23.6 Å². The first-order valence-electron chi connectivity index (χ1n) is 8.16. The molecule has 0 bridgehead atoms. The molecule has 8 heteroatoms. The minimum atomic E-state index is -0.778. The molecule has 2 aliphatic rings. The minimum absolute atomic E-state index is 0.0442. The van der Waals surface area contributed by atoms with E-state index in [1.54, 1.807) is 12.1 Å². The summed E-state index contributed by atoms with van der Waals surface area (Å²) in [6.45, 7) is 0.327. The van der Waals surface area contributed by atoms with Crippen LogP contribution in [0.2, 0.25) is 0 Å². The Morgan fingerprint density at radius 3 is 2.08 bits per heavy atom. The second-order valence-corrected chi connectivity index (χ2v) is 5.92. The zero-order valence-corrected chi connectivity index (χ0v) is 13.8. The molecule has 0 radical (unpaired) electrons. The molecule has 8 nitrogen and oxygen atoms in total. The van der Waals surface area contributed by atoms with Gasteiger partial charge in [-0.3, -0.25) is 24.1 Å². The van der Waals surface area contributed by atoms with Gasteiger partial charge in [-0.15, -0.1) is 5.06 Å². The van der Waals surface area contributed by atoms with E-state index in [1.165, 1.54) is 29.2 Å². The van der Waals surface area contributed by atoms with Crippen molar-refractivity contribution < 1.29 is 28.8 Å². The van der Waals surface area contributed by atoms with Gasteiger partial charge in [-0.05, 0) is 30.5 Å². The smallest absolute Gasteiger partial charge is 0.325 e. The summed E-state index contributed by atoms with van der Waals surface area (Å²) in [4.78, 5) is 63.8. The first-order valence-corrected chi connectivity index (χ1v) is 8.16. The first-order chi connectivity index (χ1) is 12.5. The Kier molecular flexibility index (Phi) is 4.92. The minimum Gasteiger partial charge on any atom is -0.325 e. The number of nitrogens with zero attached hydrogens (tertiary/aromatic N) is 2. The van der Waals surface area contributed by atoms with Crippen LogP contribution in [-0.2, 0) is 30.4 Å². The largest absolute Gasteiger partial charge is 0.363 e. The van der Waals surface area contributed by atoms with E-state index in [0.717, 1.165) is 5.56 Å². The molecule has 0 aliphatic carbocycles. The zero-order valence-electron chi connectivity index (χ0n) is 13.8. The maximum atomic E-state index is 12.0. The Hall–Kier alpha value is -3.29. The number of aryl methyl sites for hydroxylation is 1. The van der Waals surface area contributed by atoms with E-state index in [0.29, 0.717) is 24.4 Å². The van der Waals surface area contributed by atoms with Crippen LogP contribution >= 0.6 is 0 Å². The molecule has 0 unspecified atom stereocenters. The molecule has 0 spiro atoms. The van der Waals surface area contributed by atoms with Gasteiger partial charge in [0.05, 0.1) is 5.56 Å². The van der Waals surface area contributed by atoms with E-state index >= 15 is 0 Å². The van der Waals surface area contributed by atoms with Gasteiger partial charge in [-0.25, -0.2) is 4.79 Å². The average Bonchev–Trinajstić information content (AvgIpc) is 3.12. The van der Waals surface area contributed by atoms with Gasteiger partial charge in [0.15, 0.2) is 0 Å². The second kappa shape index (κ2) is 7.30. The van der Waals surface area contributed by atoms with E-state index in [9.17, 15) is 24.0 Å². The number of carbonyl (C=O) groups is 5. The average molecular weight is 356 g/mol. The summed E-state index contributed by atoms with van der Waals surface area (Å²) in [6, 6.07) is 6.51. The van der Waals surface area contributed by atoms with Gasteiger partial charge >= 0.3 is 5.97 Å². The molecule has 3 rings (SSSR count). The maximum absolute atomic E-state index is 12.0. The van der Waals surface area contributed by atoms with Gasteiger partial charge in [-0.2, -0.15) is 0 Å². The number of amides is 4. The highest BCUT2D eigenvalue weighted by Gasteiger charge is 2.33. The van der Waals surface area contributed by atoms with Gasteiger partial charge in [0, 0.05) is 31.5 Å². The molecule has 0 atom stereocenters. The highest BCUT2D eigenvalue weighted by atomic mass is 16.7. The molecule has 0 aromatic heterocycles. The van der Waals surface area contributed by atoms with Crippen LogP contribution in [0.3, 0.4) is 0 Å². The summed E-state index contributed by atoms with van der Waals surface area (Å²) in [5.41, 5.74) is 1.14. The third-order valence-corrected chi connectivity index (χ3v) is 4.12. The van der Waals surface area contributed by atoms with E-state index in [2.05, 4.69) is 0 Å². The Morgan fingerprint density at radius 2 is 1.50 bits per heavy atom. The summed E-state index contributed by atoms with van der Waals surface area (Å²) >= 11 is 0. The standard InChI is InChI=1S/C18H16N2O6/c21-14-7-8-15(22)19(14)11-1-2-12-3-5-13(6-4-12)18(25)26-20-16(23)9-10-17(20)24/h3-8H,1-2,9-11H2. The molecular weight excluding hydrogens is 340 g/mol. The molecule has 0 saturated carbocycles. The number of carbonyl (C=O) groups excluding carboxylic acids is 5. The van der Waals surface area contributed by atoms with Crippen molar-refractivity contribution in [2.75, 3.05) is 6.54 Å². The van der Waals surface area contributed by atoms with Gasteiger partial charge in [0.1, 0.15) is 0 Å². The summed E-state index contributed by atoms with van der Waals surface area (Å²) < 4.78 is 0. The molecule has 1 saturated heterocycles. The van der Waals surface area contributed by atoms with Crippen molar-refractivity contribution in [1.82, 2.24) is 9.96 Å². The predicted molar refractivity (Wildman–Crippen MR) is 87.1 cm³/mol. The molecule has 26 heavy (non-hydrogen) atoms. The summed E-state index contributed by atoms with van der Waals surface area (Å²) in [7, 11) is 0. The van der Waals surface area contributed by atoms with Crippen molar-refractivity contribution in [3.63, 3.8) is 0 Å². The monoisotopic (exact) mass is 356 g/mol. The molecule has 1 aromatic rings. The van der Waals surface area contributed by atoms with Crippen LogP contribution in [-0.4, -0.2) is 46.1 Å². The lowest BCUT2D eigenvalue weighted by Crippen LogP contribution is -2.32. The fraction of sp³-hybridized carbons (Fsp3) is 0.278. The van der Waals surface area contributed by atoms with Crippen molar-refractivity contribution in [2.24, 2.45) is 0 Å². The quantitative estimate of drug-likeness (QED) is 0.698. The SMILES string of the molecule is O=C(ON1C(=O)CCC1=O)c1ccc(CCCN2C(=O)C=CC2=O)cc1. The fourth-order valence-corrected chi connectivity index (χ4v) is 2.69. The van der Waals surface area contributed by atoms with Crippen LogP contribution in [0.25, 0.3) is 0 Å². The van der Waals surface area contributed by atoms with Crippen LogP contribution in [0.1, 0.15) is 35.2 Å². The summed E-state index contributed by atoms with van der Waals surface area (Å²) in [5, 5.41) is 0.508. The third-order valence-electron chi connectivity index (χ3n) is 4.12. The van der Waals surface area contributed by atoms with Crippen LogP contribution in [0, 0.1) is 0 Å². The predicted octanol–water partition coefficient (Wildman–Crippen LogP) is 0.765. The Balaban J connectivity index is 1.51. The zero-order chi connectivity index (χ0) is 18.7. The summed E-state index contributed by atoms with van der Waals surface area (Å²) in [6.07, 6.45) is 3.80. The van der Waals surface area contributed by atoms with Crippen LogP contribution < -0.4 is 0 Å². The highest BCUT2D eigenvalue weighted by molar-refractivity contribution is 6.12. The van der Waals surface area contributed by atoms with Gasteiger partial charge in [-0.1, -0.05) is 12.1 Å². The topological polar surface area (TPSA) is 101 Å². The van der Waals surface area contributed by atoms with Crippen molar-refractivity contribution in [3.8, 4) is 0 Å². The molecule has 1 fully saturated rings. The number of hydroxylamine groups is 2. The van der Waals surface area contributed by atoms with Crippen molar-refractivity contribution >= 4 is 29.6 Å². The Labute approximate surface area is 149 Å². The molecule has 134 valence electrons. The van der Waals surface area contributed by atoms with Gasteiger partial charge in [0.2, 0.25) is 0 Å². The third kappa shape index (κ3) is 3.69. The maximum Gasteiger partial charge on any atom is 0.363 e. The summed E-state index contributed by atoms with van der Waals surface area (Å²) in [5.74, 6) is -2.45. The lowest BCUT2D eigenvalue weighted by molar-refractivity contribution is -0.172. The number of benzene rings is 1. The van der Waals surface area contributed by atoms with E-state index in [1.807, 2.05) is 0 Å². The molecule has 2 heterocycles. The molecule has 1 aromatic carbocycles. The Morgan fingerprint density at radius 1 is 0.923 bits per heavy atom.